The summed E-state index contributed by atoms with van der Waals surface area (Å²) in [4.78, 5) is 16.1. The van der Waals surface area contributed by atoms with E-state index in [9.17, 15) is 20.1 Å². The molecule has 4 aromatic rings. The Morgan fingerprint density at radius 1 is 0.906 bits per heavy atom. The Balaban J connectivity index is 1.94. The van der Waals surface area contributed by atoms with Gasteiger partial charge in [0, 0.05) is 23.9 Å². The SMILES string of the molecule is COc1ccc(-c2cn(-c3ccc(C(=O)O)c(OC)c3)c(-c3ccccc3O)n2)c(O)c1. The summed E-state index contributed by atoms with van der Waals surface area (Å²) < 4.78 is 12.1. The van der Waals surface area contributed by atoms with Crippen LogP contribution < -0.4 is 9.47 Å². The molecule has 8 heteroatoms. The number of rotatable bonds is 6. The molecular weight excluding hydrogens is 412 g/mol. The molecule has 0 bridgehead atoms. The van der Waals surface area contributed by atoms with Crippen molar-refractivity contribution in [2.45, 2.75) is 0 Å². The third kappa shape index (κ3) is 3.69. The number of ether oxygens (including phenoxy) is 2. The molecule has 0 amide bonds. The predicted octanol–water partition coefficient (Wildman–Crippen LogP) is 4.33. The van der Waals surface area contributed by atoms with Gasteiger partial charge in [0.15, 0.2) is 0 Å². The average Bonchev–Trinajstić information content (AvgIpc) is 3.23. The largest absolute Gasteiger partial charge is 0.507 e. The Morgan fingerprint density at radius 2 is 1.69 bits per heavy atom. The third-order valence-corrected chi connectivity index (χ3v) is 5.03. The van der Waals surface area contributed by atoms with Gasteiger partial charge < -0.3 is 24.8 Å². The monoisotopic (exact) mass is 432 g/mol. The summed E-state index contributed by atoms with van der Waals surface area (Å²) in [5.41, 5.74) is 1.97. The van der Waals surface area contributed by atoms with Gasteiger partial charge in [-0.05, 0) is 36.4 Å². The number of phenols is 2. The van der Waals surface area contributed by atoms with Gasteiger partial charge in [0.25, 0.3) is 0 Å². The Labute approximate surface area is 183 Å². The van der Waals surface area contributed by atoms with Crippen LogP contribution >= 0.6 is 0 Å². The highest BCUT2D eigenvalue weighted by atomic mass is 16.5. The van der Waals surface area contributed by atoms with Crippen LogP contribution in [0.1, 0.15) is 10.4 Å². The maximum Gasteiger partial charge on any atom is 0.339 e. The molecule has 0 saturated heterocycles. The molecule has 0 aliphatic carbocycles. The minimum absolute atomic E-state index is 0.0170. The van der Waals surface area contributed by atoms with Crippen molar-refractivity contribution >= 4 is 5.97 Å². The first-order valence-corrected chi connectivity index (χ1v) is 9.59. The molecule has 0 spiro atoms. The Kier molecular flexibility index (Phi) is 5.43. The number of carboxylic acids is 1. The van der Waals surface area contributed by atoms with Crippen molar-refractivity contribution in [1.29, 1.82) is 0 Å². The summed E-state index contributed by atoms with van der Waals surface area (Å²) in [5.74, 6) is -0.0146. The number of nitrogens with zero attached hydrogens (tertiary/aromatic N) is 2. The van der Waals surface area contributed by atoms with Crippen LogP contribution in [0, 0.1) is 0 Å². The van der Waals surface area contributed by atoms with E-state index in [1.165, 1.54) is 26.4 Å². The molecule has 162 valence electrons. The smallest absolute Gasteiger partial charge is 0.339 e. The minimum atomic E-state index is -1.11. The average molecular weight is 432 g/mol. The first-order valence-electron chi connectivity index (χ1n) is 9.59. The highest BCUT2D eigenvalue weighted by molar-refractivity contribution is 5.91. The molecule has 0 radical (unpaired) electrons. The molecule has 1 heterocycles. The highest BCUT2D eigenvalue weighted by Gasteiger charge is 2.19. The molecule has 0 aliphatic heterocycles. The Morgan fingerprint density at radius 3 is 2.34 bits per heavy atom. The molecule has 3 aromatic carbocycles. The topological polar surface area (TPSA) is 114 Å². The molecule has 0 unspecified atom stereocenters. The number of carbonyl (C=O) groups is 1. The zero-order valence-corrected chi connectivity index (χ0v) is 17.3. The first kappa shape index (κ1) is 20.8. The number of aromatic hydroxyl groups is 2. The summed E-state index contributed by atoms with van der Waals surface area (Å²) in [6.45, 7) is 0. The fourth-order valence-corrected chi connectivity index (χ4v) is 3.42. The summed E-state index contributed by atoms with van der Waals surface area (Å²) in [7, 11) is 2.90. The second kappa shape index (κ2) is 8.35. The number of hydrogen-bond acceptors (Lipinski definition) is 6. The molecule has 0 fully saturated rings. The van der Waals surface area contributed by atoms with E-state index in [4.69, 9.17) is 9.47 Å². The van der Waals surface area contributed by atoms with E-state index in [0.717, 1.165) is 0 Å². The zero-order valence-electron chi connectivity index (χ0n) is 17.3. The van der Waals surface area contributed by atoms with Crippen molar-refractivity contribution in [2.75, 3.05) is 14.2 Å². The lowest BCUT2D eigenvalue weighted by molar-refractivity contribution is 0.0693. The summed E-state index contributed by atoms with van der Waals surface area (Å²) in [6.07, 6.45) is 1.69. The standard InChI is InChI=1S/C24H20N2O6/c1-31-15-8-10-16(21(28)12-15)19-13-26(23(25-19)17-5-3-4-6-20(17)27)14-7-9-18(24(29)30)22(11-14)32-2/h3-13,27-28H,1-2H3,(H,29,30). The van der Waals surface area contributed by atoms with E-state index in [2.05, 4.69) is 4.98 Å². The second-order valence-corrected chi connectivity index (χ2v) is 6.91. The molecule has 0 saturated carbocycles. The molecule has 1 aromatic heterocycles. The number of hydrogen-bond donors (Lipinski definition) is 3. The van der Waals surface area contributed by atoms with Crippen LogP contribution in [0.2, 0.25) is 0 Å². The number of methoxy groups -OCH3 is 2. The number of carboxylic acid groups (broad SMARTS) is 1. The fraction of sp³-hybridized carbons (Fsp3) is 0.0833. The van der Waals surface area contributed by atoms with Gasteiger partial charge in [0.2, 0.25) is 0 Å². The number of aromatic nitrogens is 2. The van der Waals surface area contributed by atoms with Gasteiger partial charge >= 0.3 is 5.97 Å². The quantitative estimate of drug-likeness (QED) is 0.415. The maximum absolute atomic E-state index is 11.5. The molecule has 0 aliphatic rings. The zero-order chi connectivity index (χ0) is 22.8. The van der Waals surface area contributed by atoms with Crippen molar-refractivity contribution in [3.8, 4) is 51.3 Å². The summed E-state index contributed by atoms with van der Waals surface area (Å²) >= 11 is 0. The lowest BCUT2D eigenvalue weighted by atomic mass is 10.1. The number of benzene rings is 3. The van der Waals surface area contributed by atoms with Crippen LogP contribution in [-0.2, 0) is 0 Å². The van der Waals surface area contributed by atoms with Crippen molar-refractivity contribution < 1.29 is 29.6 Å². The fourth-order valence-electron chi connectivity index (χ4n) is 3.42. The van der Waals surface area contributed by atoms with E-state index in [1.54, 1.807) is 59.3 Å². The lowest BCUT2D eigenvalue weighted by Crippen LogP contribution is -2.03. The van der Waals surface area contributed by atoms with Gasteiger partial charge in [-0.25, -0.2) is 9.78 Å². The van der Waals surface area contributed by atoms with E-state index >= 15 is 0 Å². The molecule has 8 nitrogen and oxygen atoms in total. The molecule has 4 rings (SSSR count). The van der Waals surface area contributed by atoms with Gasteiger partial charge in [-0.1, -0.05) is 12.1 Å². The molecule has 0 atom stereocenters. The normalized spacial score (nSPS) is 10.7. The van der Waals surface area contributed by atoms with Crippen LogP contribution in [0.15, 0.2) is 66.9 Å². The molecule has 32 heavy (non-hydrogen) atoms. The van der Waals surface area contributed by atoms with Crippen molar-refractivity contribution in [3.05, 3.63) is 72.4 Å². The van der Waals surface area contributed by atoms with E-state index in [-0.39, 0.29) is 22.8 Å². The third-order valence-electron chi connectivity index (χ3n) is 5.03. The summed E-state index contributed by atoms with van der Waals surface area (Å²) in [6, 6.07) is 16.2. The van der Waals surface area contributed by atoms with Crippen molar-refractivity contribution in [1.82, 2.24) is 9.55 Å². The lowest BCUT2D eigenvalue weighted by Gasteiger charge is -2.12. The van der Waals surface area contributed by atoms with Gasteiger partial charge in [-0.2, -0.15) is 0 Å². The van der Waals surface area contributed by atoms with Gasteiger partial charge in [-0.15, -0.1) is 0 Å². The second-order valence-electron chi connectivity index (χ2n) is 6.91. The Bertz CT molecular complexity index is 1310. The number of phenolic OH excluding ortho intramolecular Hbond substituents is 2. The van der Waals surface area contributed by atoms with Crippen LogP contribution in [-0.4, -0.2) is 45.1 Å². The van der Waals surface area contributed by atoms with Crippen LogP contribution in [0.25, 0.3) is 28.3 Å². The maximum atomic E-state index is 11.5. The van der Waals surface area contributed by atoms with Crippen molar-refractivity contribution in [3.63, 3.8) is 0 Å². The number of aromatic carboxylic acids is 1. The van der Waals surface area contributed by atoms with Gasteiger partial charge in [0.1, 0.15) is 34.4 Å². The van der Waals surface area contributed by atoms with E-state index in [0.29, 0.717) is 34.1 Å². The van der Waals surface area contributed by atoms with Gasteiger partial charge in [-0.3, -0.25) is 4.57 Å². The number of imidazole rings is 1. The number of para-hydroxylation sites is 1. The van der Waals surface area contributed by atoms with Gasteiger partial charge in [0.05, 0.1) is 31.2 Å². The van der Waals surface area contributed by atoms with E-state index in [1.807, 2.05) is 0 Å². The van der Waals surface area contributed by atoms with Crippen LogP contribution in [0.4, 0.5) is 0 Å². The predicted molar refractivity (Wildman–Crippen MR) is 118 cm³/mol. The van der Waals surface area contributed by atoms with Crippen molar-refractivity contribution in [2.24, 2.45) is 0 Å². The molecular formula is C24H20N2O6. The van der Waals surface area contributed by atoms with E-state index < -0.39 is 5.97 Å². The Hall–Kier alpha value is -4.46. The molecule has 3 N–H and O–H groups in total. The summed E-state index contributed by atoms with van der Waals surface area (Å²) in [5, 5.41) is 30.3. The van der Waals surface area contributed by atoms with Crippen LogP contribution in [0.5, 0.6) is 23.0 Å². The highest BCUT2D eigenvalue weighted by Crippen LogP contribution is 2.37. The first-order chi connectivity index (χ1) is 15.4. The minimum Gasteiger partial charge on any atom is -0.507 e. The van der Waals surface area contributed by atoms with Crippen LogP contribution in [0.3, 0.4) is 0 Å².